The zero-order valence-electron chi connectivity index (χ0n) is 6.96. The summed E-state index contributed by atoms with van der Waals surface area (Å²) in [5, 5.41) is 7.14. The lowest BCUT2D eigenvalue weighted by Gasteiger charge is -2.02. The van der Waals surface area contributed by atoms with Crippen LogP contribution < -0.4 is 10.5 Å². The molecule has 0 saturated carbocycles. The Morgan fingerprint density at radius 2 is 2.25 bits per heavy atom. The fraction of sp³-hybridized carbons (Fsp3) is 0.286. The van der Waals surface area contributed by atoms with Crippen molar-refractivity contribution in [1.29, 1.82) is 5.41 Å². The Morgan fingerprint density at radius 1 is 1.58 bits per heavy atom. The Kier molecular flexibility index (Phi) is 2.23. The van der Waals surface area contributed by atoms with Gasteiger partial charge in [-0.2, -0.15) is 4.98 Å². The first-order chi connectivity index (χ1) is 5.63. The van der Waals surface area contributed by atoms with E-state index >= 15 is 0 Å². The Bertz CT molecular complexity index is 310. The molecule has 64 valence electrons. The largest absolute Gasteiger partial charge is 0.481 e. The first-order valence-corrected chi connectivity index (χ1v) is 3.37. The summed E-state index contributed by atoms with van der Waals surface area (Å²) in [6, 6.07) is 1.52. The predicted molar refractivity (Wildman–Crippen MR) is 44.3 cm³/mol. The summed E-state index contributed by atoms with van der Waals surface area (Å²) in [4.78, 5) is 7.89. The third-order valence-electron chi connectivity index (χ3n) is 1.30. The van der Waals surface area contributed by atoms with Crippen molar-refractivity contribution in [2.75, 3.05) is 7.11 Å². The smallest absolute Gasteiger partial charge is 0.217 e. The van der Waals surface area contributed by atoms with Gasteiger partial charge in [-0.05, 0) is 6.92 Å². The lowest BCUT2D eigenvalue weighted by atomic mass is 10.3. The lowest BCUT2D eigenvalue weighted by Crippen LogP contribution is -2.14. The van der Waals surface area contributed by atoms with Crippen LogP contribution in [0.4, 0.5) is 0 Å². The summed E-state index contributed by atoms with van der Waals surface area (Å²) in [7, 11) is 1.51. The van der Waals surface area contributed by atoms with Crippen LogP contribution in [0.3, 0.4) is 0 Å². The van der Waals surface area contributed by atoms with Crippen LogP contribution in [-0.4, -0.2) is 22.9 Å². The minimum Gasteiger partial charge on any atom is -0.481 e. The lowest BCUT2D eigenvalue weighted by molar-refractivity contribution is 0.395. The molecule has 0 aliphatic carbocycles. The average molecular weight is 166 g/mol. The molecule has 0 aliphatic rings. The zero-order valence-corrected chi connectivity index (χ0v) is 6.96. The number of nitrogen functional groups attached to an aromatic ring is 1. The molecule has 1 aromatic heterocycles. The van der Waals surface area contributed by atoms with E-state index < -0.39 is 0 Å². The summed E-state index contributed by atoms with van der Waals surface area (Å²) in [5.74, 6) is 0.881. The van der Waals surface area contributed by atoms with Crippen LogP contribution in [0.5, 0.6) is 5.88 Å². The van der Waals surface area contributed by atoms with Crippen LogP contribution in [0.2, 0.25) is 0 Å². The summed E-state index contributed by atoms with van der Waals surface area (Å²) < 4.78 is 4.88. The molecule has 1 heterocycles. The quantitative estimate of drug-likeness (QED) is 0.481. The van der Waals surface area contributed by atoms with Gasteiger partial charge in [0, 0.05) is 6.07 Å². The number of hydrogen-bond acceptors (Lipinski definition) is 4. The molecule has 5 nitrogen and oxygen atoms in total. The maximum absolute atomic E-state index is 7.14. The van der Waals surface area contributed by atoms with E-state index in [0.717, 1.165) is 0 Å². The van der Waals surface area contributed by atoms with Gasteiger partial charge in [-0.1, -0.05) is 0 Å². The van der Waals surface area contributed by atoms with Crippen molar-refractivity contribution < 1.29 is 4.74 Å². The SMILES string of the molecule is COc1cc(C(=N)N)nc(C)n1. The molecule has 0 radical (unpaired) electrons. The maximum atomic E-state index is 7.14. The van der Waals surface area contributed by atoms with Crippen LogP contribution in [0.1, 0.15) is 11.5 Å². The van der Waals surface area contributed by atoms with Crippen LogP contribution in [-0.2, 0) is 0 Å². The zero-order chi connectivity index (χ0) is 9.14. The van der Waals surface area contributed by atoms with Crippen molar-refractivity contribution in [2.24, 2.45) is 5.73 Å². The first kappa shape index (κ1) is 8.45. The summed E-state index contributed by atoms with van der Waals surface area (Å²) >= 11 is 0. The monoisotopic (exact) mass is 166 g/mol. The number of nitrogens with two attached hydrogens (primary N) is 1. The van der Waals surface area contributed by atoms with Gasteiger partial charge in [-0.3, -0.25) is 5.41 Å². The van der Waals surface area contributed by atoms with Crippen molar-refractivity contribution in [3.63, 3.8) is 0 Å². The van der Waals surface area contributed by atoms with E-state index in [1.165, 1.54) is 13.2 Å². The molecule has 5 heteroatoms. The third-order valence-corrected chi connectivity index (χ3v) is 1.30. The third kappa shape index (κ3) is 1.69. The predicted octanol–water partition coefficient (Wildman–Crippen LogP) is 0.0777. The second-order valence-electron chi connectivity index (χ2n) is 2.26. The number of ether oxygens (including phenoxy) is 1. The van der Waals surface area contributed by atoms with Crippen molar-refractivity contribution in [2.45, 2.75) is 6.92 Å². The van der Waals surface area contributed by atoms with E-state index in [-0.39, 0.29) is 5.84 Å². The highest BCUT2D eigenvalue weighted by molar-refractivity contribution is 5.93. The number of hydrogen-bond donors (Lipinski definition) is 2. The second-order valence-corrected chi connectivity index (χ2v) is 2.26. The Hall–Kier alpha value is -1.65. The van der Waals surface area contributed by atoms with E-state index in [1.807, 2.05) is 0 Å². The summed E-state index contributed by atoms with van der Waals surface area (Å²) in [5.41, 5.74) is 5.63. The van der Waals surface area contributed by atoms with E-state index in [2.05, 4.69) is 9.97 Å². The van der Waals surface area contributed by atoms with Crippen LogP contribution in [0.25, 0.3) is 0 Å². The fourth-order valence-electron chi connectivity index (χ4n) is 0.783. The molecular weight excluding hydrogens is 156 g/mol. The molecule has 0 amide bonds. The molecule has 0 unspecified atom stereocenters. The number of nitrogens with zero attached hydrogens (tertiary/aromatic N) is 2. The highest BCUT2D eigenvalue weighted by atomic mass is 16.5. The summed E-state index contributed by atoms with van der Waals surface area (Å²) in [6.45, 7) is 1.72. The van der Waals surface area contributed by atoms with Crippen LogP contribution in [0, 0.1) is 12.3 Å². The normalized spacial score (nSPS) is 9.50. The van der Waals surface area contributed by atoms with Crippen molar-refractivity contribution in [1.82, 2.24) is 9.97 Å². The highest BCUT2D eigenvalue weighted by Crippen LogP contribution is 2.07. The molecule has 0 fully saturated rings. The molecule has 0 saturated heterocycles. The molecule has 0 spiro atoms. The van der Waals surface area contributed by atoms with Gasteiger partial charge in [-0.25, -0.2) is 4.98 Å². The number of methoxy groups -OCH3 is 1. The van der Waals surface area contributed by atoms with Gasteiger partial charge in [0.2, 0.25) is 5.88 Å². The number of nitrogens with one attached hydrogen (secondary N) is 1. The van der Waals surface area contributed by atoms with Gasteiger partial charge in [0.15, 0.2) is 0 Å². The van der Waals surface area contributed by atoms with Gasteiger partial charge in [0.1, 0.15) is 17.4 Å². The van der Waals surface area contributed by atoms with E-state index in [9.17, 15) is 0 Å². The van der Waals surface area contributed by atoms with E-state index in [1.54, 1.807) is 6.92 Å². The highest BCUT2D eigenvalue weighted by Gasteiger charge is 2.03. The van der Waals surface area contributed by atoms with Gasteiger partial charge < -0.3 is 10.5 Å². The fourth-order valence-corrected chi connectivity index (χ4v) is 0.783. The first-order valence-electron chi connectivity index (χ1n) is 3.37. The topological polar surface area (TPSA) is 84.9 Å². The number of aryl methyl sites for hydroxylation is 1. The number of rotatable bonds is 2. The Labute approximate surface area is 70.1 Å². The van der Waals surface area contributed by atoms with Gasteiger partial charge in [0.25, 0.3) is 0 Å². The minimum atomic E-state index is -0.0844. The number of aromatic nitrogens is 2. The summed E-state index contributed by atoms with van der Waals surface area (Å²) in [6.07, 6.45) is 0. The van der Waals surface area contributed by atoms with Crippen molar-refractivity contribution >= 4 is 5.84 Å². The van der Waals surface area contributed by atoms with Gasteiger partial charge in [0.05, 0.1) is 7.11 Å². The Morgan fingerprint density at radius 3 is 2.75 bits per heavy atom. The average Bonchev–Trinajstić information content (AvgIpc) is 2.03. The molecule has 3 N–H and O–H groups in total. The van der Waals surface area contributed by atoms with Crippen LogP contribution >= 0.6 is 0 Å². The Balaban J connectivity index is 3.15. The van der Waals surface area contributed by atoms with E-state index in [0.29, 0.717) is 17.4 Å². The maximum Gasteiger partial charge on any atom is 0.217 e. The van der Waals surface area contributed by atoms with Crippen molar-refractivity contribution in [3.8, 4) is 5.88 Å². The number of amidine groups is 1. The van der Waals surface area contributed by atoms with Crippen LogP contribution in [0.15, 0.2) is 6.07 Å². The van der Waals surface area contributed by atoms with Gasteiger partial charge in [-0.15, -0.1) is 0 Å². The standard InChI is InChI=1S/C7H10N4O/c1-4-10-5(7(8)9)3-6(11-4)12-2/h3H,1-2H3,(H3,8,9). The van der Waals surface area contributed by atoms with Crippen molar-refractivity contribution in [3.05, 3.63) is 17.6 Å². The molecule has 0 bridgehead atoms. The van der Waals surface area contributed by atoms with E-state index in [4.69, 9.17) is 15.9 Å². The molecular formula is C7H10N4O. The van der Waals surface area contributed by atoms with Gasteiger partial charge >= 0.3 is 0 Å². The molecule has 1 aromatic rings. The minimum absolute atomic E-state index is 0.0844. The second kappa shape index (κ2) is 3.17. The molecule has 0 aromatic carbocycles. The molecule has 12 heavy (non-hydrogen) atoms. The molecule has 0 aliphatic heterocycles. The molecule has 1 rings (SSSR count). The molecule has 0 atom stereocenters.